The van der Waals surface area contributed by atoms with Gasteiger partial charge in [0, 0.05) is 0 Å². The molecule has 0 saturated heterocycles. The second-order valence-electron chi connectivity index (χ2n) is 6.52. The van der Waals surface area contributed by atoms with Crippen molar-refractivity contribution in [3.63, 3.8) is 0 Å². The van der Waals surface area contributed by atoms with Gasteiger partial charge in [-0.2, -0.15) is 5.10 Å². The summed E-state index contributed by atoms with van der Waals surface area (Å²) in [5, 5.41) is 6.88. The van der Waals surface area contributed by atoms with Crippen LogP contribution in [0.25, 0.3) is 0 Å². The molecule has 0 unspecified atom stereocenters. The number of nitrogens with zero attached hydrogens (tertiary/aromatic N) is 1. The molecule has 0 aliphatic rings. The molecule has 170 valence electrons. The largest absolute Gasteiger partial charge is 0.482 e. The maximum atomic E-state index is 13.6. The zero-order valence-electron chi connectivity index (χ0n) is 17.1. The third kappa shape index (κ3) is 7.48. The highest BCUT2D eigenvalue weighted by Crippen LogP contribution is 2.25. The van der Waals surface area contributed by atoms with E-state index in [-0.39, 0.29) is 29.7 Å². The molecule has 0 aliphatic heterocycles. The normalized spacial score (nSPS) is 10.6. The van der Waals surface area contributed by atoms with E-state index in [0.717, 1.165) is 0 Å². The minimum Gasteiger partial charge on any atom is -0.482 e. The summed E-state index contributed by atoms with van der Waals surface area (Å²) in [5.74, 6) is -0.908. The van der Waals surface area contributed by atoms with Crippen LogP contribution in [0.5, 0.6) is 11.5 Å². The van der Waals surface area contributed by atoms with Gasteiger partial charge in [-0.25, -0.2) is 9.82 Å². The summed E-state index contributed by atoms with van der Waals surface area (Å²) in [6.07, 6.45) is 1.38. The third-order valence-electron chi connectivity index (χ3n) is 4.06. The molecule has 33 heavy (non-hydrogen) atoms. The van der Waals surface area contributed by atoms with Gasteiger partial charge in [-0.15, -0.1) is 0 Å². The highest BCUT2D eigenvalue weighted by molar-refractivity contribution is 6.32. The number of carbonyl (C=O) groups excluding carboxylic acids is 2. The smallest absolute Gasteiger partial charge is 0.277 e. The predicted molar refractivity (Wildman–Crippen MR) is 125 cm³/mol. The molecule has 3 aromatic rings. The Bertz CT molecular complexity index is 1170. The minimum absolute atomic E-state index is 0.0584. The molecule has 0 aliphatic carbocycles. The fourth-order valence-electron chi connectivity index (χ4n) is 2.52. The summed E-state index contributed by atoms with van der Waals surface area (Å²) in [7, 11) is 0. The zero-order chi connectivity index (χ0) is 23.6. The Morgan fingerprint density at radius 3 is 2.27 bits per heavy atom. The molecule has 0 spiro atoms. The average molecular weight is 490 g/mol. The lowest BCUT2D eigenvalue weighted by Gasteiger charge is -2.09. The molecule has 0 aromatic heterocycles. The highest BCUT2D eigenvalue weighted by Gasteiger charge is 2.09. The Morgan fingerprint density at radius 2 is 1.55 bits per heavy atom. The first-order valence-electron chi connectivity index (χ1n) is 9.58. The minimum atomic E-state index is -0.546. The van der Waals surface area contributed by atoms with Gasteiger partial charge in [0.1, 0.15) is 17.3 Å². The van der Waals surface area contributed by atoms with E-state index in [1.165, 1.54) is 24.4 Å². The zero-order valence-corrected chi connectivity index (χ0v) is 18.6. The van der Waals surface area contributed by atoms with E-state index in [1.54, 1.807) is 48.5 Å². The molecule has 3 aromatic carbocycles. The van der Waals surface area contributed by atoms with Crippen LogP contribution in [-0.4, -0.2) is 31.2 Å². The first-order valence-corrected chi connectivity index (χ1v) is 10.3. The van der Waals surface area contributed by atoms with E-state index in [2.05, 4.69) is 15.8 Å². The fourth-order valence-corrected chi connectivity index (χ4v) is 2.96. The molecule has 2 N–H and O–H groups in total. The number of benzene rings is 3. The number of ether oxygens (including phenoxy) is 2. The van der Waals surface area contributed by atoms with Crippen molar-refractivity contribution in [2.24, 2.45) is 5.10 Å². The van der Waals surface area contributed by atoms with Gasteiger partial charge in [0.25, 0.3) is 11.8 Å². The number of amides is 2. The van der Waals surface area contributed by atoms with E-state index < -0.39 is 17.6 Å². The molecule has 2 amide bonds. The molecule has 0 saturated carbocycles. The van der Waals surface area contributed by atoms with Crippen LogP contribution in [-0.2, 0) is 9.59 Å². The molecule has 7 nitrogen and oxygen atoms in total. The number of para-hydroxylation sites is 2. The van der Waals surface area contributed by atoms with E-state index in [4.69, 9.17) is 32.7 Å². The number of halogens is 3. The standard InChI is InChI=1S/C23H18Cl2FN3O4/c24-16-5-1-4-8-20(16)33-14-23(31)29-27-12-15-9-10-21(17(25)11-15)32-13-22(30)28-19-7-3-2-6-18(19)26/h1-12H,13-14H2,(H,28,30)(H,29,31)/b27-12+. The third-order valence-corrected chi connectivity index (χ3v) is 4.67. The van der Waals surface area contributed by atoms with Gasteiger partial charge in [-0.05, 0) is 48.0 Å². The molecule has 0 fully saturated rings. The van der Waals surface area contributed by atoms with Crippen LogP contribution in [0.2, 0.25) is 10.0 Å². The van der Waals surface area contributed by atoms with Gasteiger partial charge in [0.2, 0.25) is 0 Å². The van der Waals surface area contributed by atoms with Crippen LogP contribution in [0.1, 0.15) is 5.56 Å². The molecular weight excluding hydrogens is 472 g/mol. The number of hydrogen-bond acceptors (Lipinski definition) is 5. The summed E-state index contributed by atoms with van der Waals surface area (Å²) < 4.78 is 24.3. The number of hydrazone groups is 1. The Hall–Kier alpha value is -3.62. The molecule has 3 rings (SSSR count). The van der Waals surface area contributed by atoms with Crippen molar-refractivity contribution in [3.05, 3.63) is 88.2 Å². The Labute approximate surface area is 199 Å². The topological polar surface area (TPSA) is 89.0 Å². The summed E-state index contributed by atoms with van der Waals surface area (Å²) in [6.45, 7) is -0.619. The molecule has 0 radical (unpaired) electrons. The van der Waals surface area contributed by atoms with Crippen LogP contribution in [0.15, 0.2) is 71.8 Å². The molecule has 0 heterocycles. The van der Waals surface area contributed by atoms with E-state index in [1.807, 2.05) is 0 Å². The lowest BCUT2D eigenvalue weighted by Crippen LogP contribution is -2.24. The Kier molecular flexibility index (Phi) is 8.63. The van der Waals surface area contributed by atoms with Gasteiger partial charge >= 0.3 is 0 Å². The van der Waals surface area contributed by atoms with Crippen molar-refractivity contribution in [2.45, 2.75) is 0 Å². The van der Waals surface area contributed by atoms with Crippen molar-refractivity contribution >= 4 is 46.9 Å². The number of carbonyl (C=O) groups is 2. The Balaban J connectivity index is 1.46. The molecule has 0 bridgehead atoms. The molecular formula is C23H18Cl2FN3O4. The van der Waals surface area contributed by atoms with Crippen molar-refractivity contribution < 1.29 is 23.5 Å². The summed E-state index contributed by atoms with van der Waals surface area (Å²) in [4.78, 5) is 23.8. The summed E-state index contributed by atoms with van der Waals surface area (Å²) in [5.41, 5.74) is 2.96. The van der Waals surface area contributed by atoms with Crippen molar-refractivity contribution in [3.8, 4) is 11.5 Å². The van der Waals surface area contributed by atoms with Crippen molar-refractivity contribution in [2.75, 3.05) is 18.5 Å². The lowest BCUT2D eigenvalue weighted by molar-refractivity contribution is -0.123. The maximum absolute atomic E-state index is 13.6. The first-order chi connectivity index (χ1) is 15.9. The van der Waals surface area contributed by atoms with E-state index >= 15 is 0 Å². The SMILES string of the molecule is O=C(COc1ccccc1Cl)N/N=C/c1ccc(OCC(=O)Nc2ccccc2F)c(Cl)c1. The van der Waals surface area contributed by atoms with Crippen LogP contribution in [0.3, 0.4) is 0 Å². The predicted octanol–water partition coefficient (Wildman–Crippen LogP) is 4.68. The summed E-state index contributed by atoms with van der Waals surface area (Å²) in [6, 6.07) is 17.3. The summed E-state index contributed by atoms with van der Waals surface area (Å²) >= 11 is 12.1. The van der Waals surface area contributed by atoms with Crippen LogP contribution in [0, 0.1) is 5.82 Å². The average Bonchev–Trinajstić information content (AvgIpc) is 2.79. The van der Waals surface area contributed by atoms with Gasteiger partial charge < -0.3 is 14.8 Å². The van der Waals surface area contributed by atoms with E-state index in [0.29, 0.717) is 16.3 Å². The van der Waals surface area contributed by atoms with Gasteiger partial charge in [0.15, 0.2) is 13.2 Å². The van der Waals surface area contributed by atoms with Gasteiger partial charge in [-0.1, -0.05) is 47.5 Å². The number of rotatable bonds is 9. The highest BCUT2D eigenvalue weighted by atomic mass is 35.5. The Morgan fingerprint density at radius 1 is 0.879 bits per heavy atom. The van der Waals surface area contributed by atoms with Crippen molar-refractivity contribution in [1.29, 1.82) is 0 Å². The fraction of sp³-hybridized carbons (Fsp3) is 0.0870. The van der Waals surface area contributed by atoms with Gasteiger partial charge in [-0.3, -0.25) is 9.59 Å². The van der Waals surface area contributed by atoms with E-state index in [9.17, 15) is 14.0 Å². The van der Waals surface area contributed by atoms with Crippen LogP contribution < -0.4 is 20.2 Å². The lowest BCUT2D eigenvalue weighted by atomic mass is 10.2. The first kappa shape index (κ1) is 24.0. The number of anilines is 1. The number of nitrogens with one attached hydrogen (secondary N) is 2. The molecule has 10 heteroatoms. The second kappa shape index (κ2) is 11.8. The maximum Gasteiger partial charge on any atom is 0.277 e. The molecule has 0 atom stereocenters. The number of hydrogen-bond donors (Lipinski definition) is 2. The quantitative estimate of drug-likeness (QED) is 0.337. The second-order valence-corrected chi connectivity index (χ2v) is 7.33. The van der Waals surface area contributed by atoms with Crippen LogP contribution in [0.4, 0.5) is 10.1 Å². The van der Waals surface area contributed by atoms with Crippen molar-refractivity contribution in [1.82, 2.24) is 5.43 Å². The monoisotopic (exact) mass is 489 g/mol. The van der Waals surface area contributed by atoms with Gasteiger partial charge in [0.05, 0.1) is 21.9 Å². The van der Waals surface area contributed by atoms with Crippen LogP contribution >= 0.6 is 23.2 Å².